The maximum absolute atomic E-state index is 11.4. The molecule has 2 heterocycles. The van der Waals surface area contributed by atoms with Gasteiger partial charge in [0, 0.05) is 13.3 Å². The molecule has 9 heteroatoms. The Morgan fingerprint density at radius 1 is 1.56 bits per heavy atom. The van der Waals surface area contributed by atoms with E-state index in [9.17, 15) is 8.42 Å². The Labute approximate surface area is 101 Å². The predicted octanol–water partition coefficient (Wildman–Crippen LogP) is 1.00. The smallest absolute Gasteiger partial charge is 0.227 e. The van der Waals surface area contributed by atoms with Gasteiger partial charge in [0.05, 0.1) is 11.9 Å². The van der Waals surface area contributed by atoms with Crippen LogP contribution in [0.1, 0.15) is 0 Å². The lowest BCUT2D eigenvalue weighted by atomic mass is 10.5. The zero-order chi connectivity index (χ0) is 11.9. The van der Waals surface area contributed by atoms with Gasteiger partial charge < -0.3 is 4.57 Å². The largest absolute Gasteiger partial charge is 0.316 e. The minimum Gasteiger partial charge on any atom is -0.316 e. The Bertz CT molecular complexity index is 679. The van der Waals surface area contributed by atoms with Gasteiger partial charge in [-0.15, -0.1) is 0 Å². The summed E-state index contributed by atoms with van der Waals surface area (Å²) < 4.78 is 24.8. The molecule has 16 heavy (non-hydrogen) atoms. The minimum atomic E-state index is -3.32. The standard InChI is InChI=1S/C7H8N4O2S3/c1-11-4(5-9-10-7(14)15-5)3-8-6(11)16(2,12)13/h3H,1-2H3,(H,10,14). The van der Waals surface area contributed by atoms with Gasteiger partial charge in [-0.05, 0) is 12.2 Å². The van der Waals surface area contributed by atoms with Crippen molar-refractivity contribution in [3.8, 4) is 10.7 Å². The van der Waals surface area contributed by atoms with Crippen molar-refractivity contribution < 1.29 is 8.42 Å². The summed E-state index contributed by atoms with van der Waals surface area (Å²) >= 11 is 6.18. The molecule has 0 fully saturated rings. The first-order chi connectivity index (χ1) is 7.39. The maximum Gasteiger partial charge on any atom is 0.227 e. The zero-order valence-electron chi connectivity index (χ0n) is 8.46. The van der Waals surface area contributed by atoms with Crippen molar-refractivity contribution in [2.45, 2.75) is 5.16 Å². The Balaban J connectivity index is 2.62. The van der Waals surface area contributed by atoms with Gasteiger partial charge in [0.2, 0.25) is 15.0 Å². The SMILES string of the molecule is Cn1c(-c2n[nH]c(=S)s2)cnc1S(C)(=O)=O. The normalized spacial score (nSPS) is 11.9. The molecule has 0 aliphatic carbocycles. The van der Waals surface area contributed by atoms with E-state index in [-0.39, 0.29) is 5.16 Å². The lowest BCUT2D eigenvalue weighted by Gasteiger charge is -2.00. The van der Waals surface area contributed by atoms with Crippen molar-refractivity contribution in [1.82, 2.24) is 19.7 Å². The number of hydrogen-bond donors (Lipinski definition) is 1. The second kappa shape index (κ2) is 3.75. The van der Waals surface area contributed by atoms with Gasteiger partial charge in [-0.3, -0.25) is 5.10 Å². The molecule has 0 unspecified atom stereocenters. The van der Waals surface area contributed by atoms with Crippen LogP contribution in [0.2, 0.25) is 0 Å². The van der Waals surface area contributed by atoms with Crippen molar-refractivity contribution in [3.63, 3.8) is 0 Å². The highest BCUT2D eigenvalue weighted by atomic mass is 32.2. The quantitative estimate of drug-likeness (QED) is 0.828. The Morgan fingerprint density at radius 3 is 2.69 bits per heavy atom. The minimum absolute atomic E-state index is 0.0172. The predicted molar refractivity (Wildman–Crippen MR) is 62.6 cm³/mol. The second-order valence-electron chi connectivity index (χ2n) is 3.18. The summed E-state index contributed by atoms with van der Waals surface area (Å²) in [6.07, 6.45) is 2.59. The van der Waals surface area contributed by atoms with Crippen LogP contribution < -0.4 is 0 Å². The van der Waals surface area contributed by atoms with Gasteiger partial charge in [-0.2, -0.15) is 5.10 Å². The van der Waals surface area contributed by atoms with E-state index < -0.39 is 9.84 Å². The van der Waals surface area contributed by atoms with Crippen LogP contribution >= 0.6 is 23.6 Å². The third-order valence-electron chi connectivity index (χ3n) is 1.93. The highest BCUT2D eigenvalue weighted by Crippen LogP contribution is 2.23. The highest BCUT2D eigenvalue weighted by molar-refractivity contribution is 7.90. The van der Waals surface area contributed by atoms with E-state index in [1.807, 2.05) is 0 Å². The molecule has 0 amide bonds. The molecule has 1 N–H and O–H groups in total. The van der Waals surface area contributed by atoms with Crippen molar-refractivity contribution >= 4 is 33.4 Å². The molecule has 2 rings (SSSR count). The molecular weight excluding hydrogens is 268 g/mol. The second-order valence-corrected chi connectivity index (χ2v) is 6.75. The van der Waals surface area contributed by atoms with E-state index in [1.54, 1.807) is 7.05 Å². The number of rotatable bonds is 2. The maximum atomic E-state index is 11.4. The first kappa shape index (κ1) is 11.4. The fraction of sp³-hybridized carbons (Fsp3) is 0.286. The van der Waals surface area contributed by atoms with E-state index in [1.165, 1.54) is 22.1 Å². The van der Waals surface area contributed by atoms with E-state index in [0.29, 0.717) is 14.7 Å². The average molecular weight is 276 g/mol. The van der Waals surface area contributed by atoms with Crippen LogP contribution in [0.15, 0.2) is 11.4 Å². The van der Waals surface area contributed by atoms with Crippen LogP contribution in [0, 0.1) is 3.95 Å². The number of nitrogens with one attached hydrogen (secondary N) is 1. The van der Waals surface area contributed by atoms with Crippen LogP contribution in [-0.4, -0.2) is 34.4 Å². The highest BCUT2D eigenvalue weighted by Gasteiger charge is 2.18. The molecule has 6 nitrogen and oxygen atoms in total. The molecule has 0 radical (unpaired) electrons. The van der Waals surface area contributed by atoms with Crippen LogP contribution in [0.4, 0.5) is 0 Å². The topological polar surface area (TPSA) is 80.6 Å². The molecule has 0 aromatic carbocycles. The summed E-state index contributed by atoms with van der Waals surface area (Å²) in [6.45, 7) is 0. The van der Waals surface area contributed by atoms with Crippen LogP contribution in [0.25, 0.3) is 10.7 Å². The monoisotopic (exact) mass is 276 g/mol. The third-order valence-corrected chi connectivity index (χ3v) is 4.09. The number of hydrogen-bond acceptors (Lipinski definition) is 6. The number of H-pyrrole nitrogens is 1. The lowest BCUT2D eigenvalue weighted by Crippen LogP contribution is -2.06. The van der Waals surface area contributed by atoms with Gasteiger partial charge in [-0.1, -0.05) is 11.3 Å². The van der Waals surface area contributed by atoms with Gasteiger partial charge in [0.1, 0.15) is 0 Å². The number of imidazole rings is 1. The molecule has 0 atom stereocenters. The zero-order valence-corrected chi connectivity index (χ0v) is 10.9. The molecule has 0 aliphatic rings. The molecule has 2 aromatic heterocycles. The summed E-state index contributed by atoms with van der Waals surface area (Å²) in [5.41, 5.74) is 0.623. The first-order valence-corrected chi connectivity index (χ1v) is 7.29. The summed E-state index contributed by atoms with van der Waals surface area (Å²) in [5, 5.41) is 7.25. The first-order valence-electron chi connectivity index (χ1n) is 4.17. The van der Waals surface area contributed by atoms with Crippen molar-refractivity contribution in [3.05, 3.63) is 10.2 Å². The van der Waals surface area contributed by atoms with E-state index >= 15 is 0 Å². The molecular formula is C7H8N4O2S3. The van der Waals surface area contributed by atoms with Crippen LogP contribution in [-0.2, 0) is 16.9 Å². The van der Waals surface area contributed by atoms with E-state index in [2.05, 4.69) is 15.2 Å². The molecule has 86 valence electrons. The Hall–Kier alpha value is -1.06. The van der Waals surface area contributed by atoms with Gasteiger partial charge in [0.25, 0.3) is 0 Å². The van der Waals surface area contributed by atoms with E-state index in [0.717, 1.165) is 6.26 Å². The number of aromatic nitrogens is 4. The fourth-order valence-corrected chi connectivity index (χ4v) is 3.05. The number of nitrogens with zero attached hydrogens (tertiary/aromatic N) is 3. The average Bonchev–Trinajstić information content (AvgIpc) is 2.70. The molecule has 2 aromatic rings. The summed E-state index contributed by atoms with van der Waals surface area (Å²) in [6, 6.07) is 0. The summed E-state index contributed by atoms with van der Waals surface area (Å²) in [5.74, 6) is 0. The Kier molecular flexibility index (Phi) is 2.68. The molecule has 0 saturated heterocycles. The lowest BCUT2D eigenvalue weighted by molar-refractivity contribution is 0.585. The van der Waals surface area contributed by atoms with Crippen molar-refractivity contribution in [1.29, 1.82) is 0 Å². The van der Waals surface area contributed by atoms with Crippen LogP contribution in [0.5, 0.6) is 0 Å². The number of sulfone groups is 1. The molecule has 0 bridgehead atoms. The van der Waals surface area contributed by atoms with Gasteiger partial charge in [-0.25, -0.2) is 13.4 Å². The number of aromatic amines is 1. The molecule has 0 saturated carbocycles. The summed E-state index contributed by atoms with van der Waals surface area (Å²) in [4.78, 5) is 3.87. The Morgan fingerprint density at radius 2 is 2.25 bits per heavy atom. The van der Waals surface area contributed by atoms with Crippen molar-refractivity contribution in [2.75, 3.05) is 6.26 Å². The fourth-order valence-electron chi connectivity index (χ4n) is 1.28. The van der Waals surface area contributed by atoms with Gasteiger partial charge in [0.15, 0.2) is 8.96 Å². The third kappa shape index (κ3) is 1.93. The van der Waals surface area contributed by atoms with Crippen molar-refractivity contribution in [2.24, 2.45) is 7.05 Å². The molecule has 0 aliphatic heterocycles. The summed E-state index contributed by atoms with van der Waals surface area (Å²) in [7, 11) is -1.69. The van der Waals surface area contributed by atoms with Crippen LogP contribution in [0.3, 0.4) is 0 Å². The molecule has 0 spiro atoms. The van der Waals surface area contributed by atoms with Gasteiger partial charge >= 0.3 is 0 Å². The van der Waals surface area contributed by atoms with E-state index in [4.69, 9.17) is 12.2 Å².